The highest BCUT2D eigenvalue weighted by Gasteiger charge is 2.17. The zero-order valence-electron chi connectivity index (χ0n) is 17.7. The molecular weight excluding hydrogens is 360 g/mol. The highest BCUT2D eigenvalue weighted by Crippen LogP contribution is 2.14. The van der Waals surface area contributed by atoms with Crippen LogP contribution in [0.5, 0.6) is 0 Å². The number of hydrogen-bond acceptors (Lipinski definition) is 5. The Labute approximate surface area is 165 Å². The van der Waals surface area contributed by atoms with Crippen molar-refractivity contribution in [3.8, 4) is 0 Å². The fourth-order valence-corrected chi connectivity index (χ4v) is 3.36. The Morgan fingerprint density at radius 3 is 2.00 bits per heavy atom. The maximum atomic E-state index is 13.0. The molecule has 2 N–H and O–H groups in total. The van der Waals surface area contributed by atoms with Gasteiger partial charge in [-0.3, -0.25) is 13.9 Å². The molecule has 0 bridgehead atoms. The van der Waals surface area contributed by atoms with Crippen molar-refractivity contribution >= 4 is 11.2 Å². The SMILES string of the molecule is Cn1c(=O)n(CCCCC(C)(C)O)c(=O)c2c1ncn2CCCCC(C)(C)O. The van der Waals surface area contributed by atoms with Crippen molar-refractivity contribution < 1.29 is 10.2 Å². The van der Waals surface area contributed by atoms with E-state index in [4.69, 9.17) is 0 Å². The van der Waals surface area contributed by atoms with Crippen molar-refractivity contribution in [3.63, 3.8) is 0 Å². The van der Waals surface area contributed by atoms with Crippen molar-refractivity contribution in [2.75, 3.05) is 0 Å². The van der Waals surface area contributed by atoms with Crippen LogP contribution < -0.4 is 11.2 Å². The van der Waals surface area contributed by atoms with Gasteiger partial charge in [-0.1, -0.05) is 0 Å². The molecule has 0 fully saturated rings. The van der Waals surface area contributed by atoms with Crippen LogP contribution in [0.4, 0.5) is 0 Å². The lowest BCUT2D eigenvalue weighted by molar-refractivity contribution is 0.0672. The second kappa shape index (κ2) is 8.61. The molecular formula is C20H34N4O4. The van der Waals surface area contributed by atoms with Gasteiger partial charge in [-0.25, -0.2) is 9.78 Å². The standard InChI is InChI=1S/C20H34N4O4/c1-19(2,27)10-6-8-12-23-14-21-16-15(23)17(25)24(18(26)22(16)5)13-9-7-11-20(3,4)28/h14,27-28H,6-13H2,1-5H3. The minimum atomic E-state index is -0.748. The predicted octanol–water partition coefficient (Wildman–Crippen LogP) is 1.78. The summed E-state index contributed by atoms with van der Waals surface area (Å²) in [7, 11) is 1.63. The summed E-state index contributed by atoms with van der Waals surface area (Å²) in [6.07, 6.45) is 5.92. The molecule has 28 heavy (non-hydrogen) atoms. The minimum Gasteiger partial charge on any atom is -0.390 e. The van der Waals surface area contributed by atoms with Crippen LogP contribution in [-0.4, -0.2) is 40.1 Å². The van der Waals surface area contributed by atoms with E-state index in [0.29, 0.717) is 43.5 Å². The molecule has 0 saturated carbocycles. The zero-order valence-corrected chi connectivity index (χ0v) is 17.7. The van der Waals surface area contributed by atoms with Gasteiger partial charge >= 0.3 is 5.69 Å². The van der Waals surface area contributed by atoms with Crippen molar-refractivity contribution in [3.05, 3.63) is 27.2 Å². The van der Waals surface area contributed by atoms with E-state index in [1.165, 1.54) is 9.13 Å². The third-order valence-electron chi connectivity index (χ3n) is 4.96. The van der Waals surface area contributed by atoms with Crippen LogP contribution in [0.3, 0.4) is 0 Å². The number of unbranched alkanes of at least 4 members (excludes halogenated alkanes) is 2. The molecule has 0 unspecified atom stereocenters. The quantitative estimate of drug-likeness (QED) is 0.598. The Bertz CT molecular complexity index is 910. The van der Waals surface area contributed by atoms with Crippen molar-refractivity contribution in [2.24, 2.45) is 7.05 Å². The van der Waals surface area contributed by atoms with Crippen LogP contribution in [0.25, 0.3) is 11.2 Å². The van der Waals surface area contributed by atoms with Gasteiger partial charge in [-0.05, 0) is 66.2 Å². The fraction of sp³-hybridized carbons (Fsp3) is 0.750. The number of aliphatic hydroxyl groups is 2. The number of rotatable bonds is 10. The Balaban J connectivity index is 2.20. The molecule has 0 amide bonds. The Morgan fingerprint density at radius 2 is 1.46 bits per heavy atom. The Morgan fingerprint density at radius 1 is 0.929 bits per heavy atom. The van der Waals surface area contributed by atoms with Gasteiger partial charge in [-0.2, -0.15) is 0 Å². The van der Waals surface area contributed by atoms with E-state index in [2.05, 4.69) is 4.98 Å². The largest absolute Gasteiger partial charge is 0.390 e. The summed E-state index contributed by atoms with van der Waals surface area (Å²) in [5.74, 6) is 0. The molecule has 0 aliphatic carbocycles. The number of hydrogen-bond donors (Lipinski definition) is 2. The predicted molar refractivity (Wildman–Crippen MR) is 110 cm³/mol. The van der Waals surface area contributed by atoms with Crippen LogP contribution in [0, 0.1) is 0 Å². The smallest absolute Gasteiger partial charge is 0.332 e. The summed E-state index contributed by atoms with van der Waals surface area (Å²) >= 11 is 0. The third-order valence-corrected chi connectivity index (χ3v) is 4.96. The molecule has 2 aromatic rings. The lowest BCUT2D eigenvalue weighted by Crippen LogP contribution is -2.39. The highest BCUT2D eigenvalue weighted by molar-refractivity contribution is 5.69. The molecule has 0 aliphatic rings. The van der Waals surface area contributed by atoms with E-state index < -0.39 is 11.2 Å². The lowest BCUT2D eigenvalue weighted by Gasteiger charge is -2.17. The molecule has 158 valence electrons. The molecule has 0 saturated heterocycles. The molecule has 0 atom stereocenters. The van der Waals surface area contributed by atoms with E-state index in [-0.39, 0.29) is 11.2 Å². The summed E-state index contributed by atoms with van der Waals surface area (Å²) in [5.41, 5.74) is -1.30. The molecule has 8 nitrogen and oxygen atoms in total. The van der Waals surface area contributed by atoms with E-state index in [0.717, 1.165) is 19.3 Å². The average molecular weight is 395 g/mol. The number of fused-ring (bicyclic) bond motifs is 1. The van der Waals surface area contributed by atoms with Crippen LogP contribution in [0.2, 0.25) is 0 Å². The first-order valence-corrected chi connectivity index (χ1v) is 10.0. The van der Waals surface area contributed by atoms with E-state index in [1.807, 2.05) is 0 Å². The molecule has 2 aromatic heterocycles. The van der Waals surface area contributed by atoms with Gasteiger partial charge in [0.1, 0.15) is 0 Å². The monoisotopic (exact) mass is 394 g/mol. The van der Waals surface area contributed by atoms with Crippen molar-refractivity contribution in [2.45, 2.75) is 90.5 Å². The molecule has 0 radical (unpaired) electrons. The van der Waals surface area contributed by atoms with Crippen molar-refractivity contribution in [1.29, 1.82) is 0 Å². The zero-order chi connectivity index (χ0) is 21.1. The molecule has 0 spiro atoms. The van der Waals surface area contributed by atoms with Crippen LogP contribution in [0.1, 0.15) is 66.2 Å². The second-order valence-corrected chi connectivity index (χ2v) is 8.95. The molecule has 8 heteroatoms. The van der Waals surface area contributed by atoms with Crippen LogP contribution in [0.15, 0.2) is 15.9 Å². The molecule has 2 rings (SSSR count). The van der Waals surface area contributed by atoms with Gasteiger partial charge in [0.25, 0.3) is 5.56 Å². The number of nitrogens with zero attached hydrogens (tertiary/aromatic N) is 4. The van der Waals surface area contributed by atoms with Crippen LogP contribution >= 0.6 is 0 Å². The van der Waals surface area contributed by atoms with Gasteiger partial charge in [0.2, 0.25) is 0 Å². The van der Waals surface area contributed by atoms with Gasteiger partial charge in [0.15, 0.2) is 11.2 Å². The van der Waals surface area contributed by atoms with Crippen LogP contribution in [-0.2, 0) is 20.1 Å². The summed E-state index contributed by atoms with van der Waals surface area (Å²) in [6.45, 7) is 8.00. The molecule has 0 aliphatic heterocycles. The van der Waals surface area contributed by atoms with Gasteiger partial charge in [-0.15, -0.1) is 0 Å². The molecule has 2 heterocycles. The average Bonchev–Trinajstić information content (AvgIpc) is 2.98. The number of aryl methyl sites for hydroxylation is 2. The second-order valence-electron chi connectivity index (χ2n) is 8.95. The summed E-state index contributed by atoms with van der Waals surface area (Å²) in [4.78, 5) is 29.8. The van der Waals surface area contributed by atoms with E-state index in [1.54, 1.807) is 45.6 Å². The van der Waals surface area contributed by atoms with E-state index >= 15 is 0 Å². The normalized spacial score (nSPS) is 12.8. The van der Waals surface area contributed by atoms with Gasteiger partial charge in [0.05, 0.1) is 17.5 Å². The van der Waals surface area contributed by atoms with Gasteiger partial charge < -0.3 is 14.8 Å². The fourth-order valence-electron chi connectivity index (χ4n) is 3.36. The Hall–Kier alpha value is -1.93. The highest BCUT2D eigenvalue weighted by atomic mass is 16.3. The lowest BCUT2D eigenvalue weighted by atomic mass is 10.0. The van der Waals surface area contributed by atoms with Crippen molar-refractivity contribution in [1.82, 2.24) is 18.7 Å². The maximum Gasteiger partial charge on any atom is 0.332 e. The minimum absolute atomic E-state index is 0.318. The van der Waals surface area contributed by atoms with Gasteiger partial charge in [0, 0.05) is 20.1 Å². The molecule has 0 aromatic carbocycles. The Kier molecular flexibility index (Phi) is 6.88. The number of imidazole rings is 1. The summed E-state index contributed by atoms with van der Waals surface area (Å²) < 4.78 is 4.48. The maximum absolute atomic E-state index is 13.0. The number of aromatic nitrogens is 4. The first-order valence-electron chi connectivity index (χ1n) is 10.0. The topological polar surface area (TPSA) is 102 Å². The first-order chi connectivity index (χ1) is 12.9. The first kappa shape index (κ1) is 22.4. The van der Waals surface area contributed by atoms with E-state index in [9.17, 15) is 19.8 Å². The summed E-state index contributed by atoms with van der Waals surface area (Å²) in [6, 6.07) is 0. The third kappa shape index (κ3) is 5.78. The summed E-state index contributed by atoms with van der Waals surface area (Å²) in [5, 5.41) is 19.6.